The van der Waals surface area contributed by atoms with Crippen molar-refractivity contribution in [2.45, 2.75) is 13.0 Å². The molecule has 3 amide bonds. The lowest BCUT2D eigenvalue weighted by Gasteiger charge is -2.07. The highest BCUT2D eigenvalue weighted by Gasteiger charge is 2.11. The maximum Gasteiger partial charge on any atom is 0.407 e. The number of nitrogens with one attached hydrogen (secondary N) is 3. The van der Waals surface area contributed by atoms with Crippen LogP contribution in [0.5, 0.6) is 0 Å². The summed E-state index contributed by atoms with van der Waals surface area (Å²) in [5.74, 6) is -0.987. The molecule has 0 saturated carbocycles. The van der Waals surface area contributed by atoms with Crippen LogP contribution in [-0.4, -0.2) is 36.0 Å². The number of ether oxygens (including phenoxy) is 1. The zero-order valence-corrected chi connectivity index (χ0v) is 15.7. The van der Waals surface area contributed by atoms with Crippen LogP contribution < -0.4 is 16.4 Å². The van der Waals surface area contributed by atoms with Crippen molar-refractivity contribution >= 4 is 28.8 Å². The Morgan fingerprint density at radius 2 is 1.83 bits per heavy atom. The number of benzene rings is 2. The highest BCUT2D eigenvalue weighted by molar-refractivity contribution is 6.00. The van der Waals surface area contributed by atoms with Gasteiger partial charge < -0.3 is 26.1 Å². The first-order valence-corrected chi connectivity index (χ1v) is 9.14. The van der Waals surface area contributed by atoms with Crippen LogP contribution in [0.15, 0.2) is 54.7 Å². The van der Waals surface area contributed by atoms with E-state index >= 15 is 0 Å². The van der Waals surface area contributed by atoms with E-state index in [1.165, 1.54) is 0 Å². The largest absolute Gasteiger partial charge is 0.449 e. The van der Waals surface area contributed by atoms with Crippen molar-refractivity contribution in [2.24, 2.45) is 5.73 Å². The lowest BCUT2D eigenvalue weighted by atomic mass is 10.1. The van der Waals surface area contributed by atoms with Gasteiger partial charge in [-0.2, -0.15) is 0 Å². The van der Waals surface area contributed by atoms with Crippen molar-refractivity contribution in [3.8, 4) is 0 Å². The molecule has 0 aliphatic rings. The van der Waals surface area contributed by atoms with Crippen LogP contribution in [0.3, 0.4) is 0 Å². The number of aromatic nitrogens is 1. The van der Waals surface area contributed by atoms with Gasteiger partial charge in [0, 0.05) is 35.6 Å². The van der Waals surface area contributed by atoms with Gasteiger partial charge in [0.25, 0.3) is 5.91 Å². The Labute approximate surface area is 167 Å². The molecule has 0 saturated heterocycles. The van der Waals surface area contributed by atoms with Gasteiger partial charge in [-0.1, -0.05) is 30.3 Å². The molecule has 5 N–H and O–H groups in total. The van der Waals surface area contributed by atoms with E-state index in [1.54, 1.807) is 18.2 Å². The summed E-state index contributed by atoms with van der Waals surface area (Å²) in [5, 5.41) is 6.01. The molecule has 0 fully saturated rings. The van der Waals surface area contributed by atoms with Gasteiger partial charge in [-0.3, -0.25) is 9.59 Å². The Hall–Kier alpha value is -3.81. The Morgan fingerprint density at radius 3 is 2.59 bits per heavy atom. The molecule has 8 nitrogen and oxygen atoms in total. The maximum atomic E-state index is 12.1. The standard InChI is InChI=1S/C21H22N4O4/c22-19(26)13-24-20(27)15-6-7-18-17(10-15)16(12-23-18)8-9-29-21(28)25-11-14-4-2-1-3-5-14/h1-7,10,12,23H,8-9,11,13H2,(H2,22,26)(H,24,27)(H,25,28). The smallest absolute Gasteiger partial charge is 0.407 e. The number of H-pyrrole nitrogens is 1. The monoisotopic (exact) mass is 394 g/mol. The second kappa shape index (κ2) is 9.41. The van der Waals surface area contributed by atoms with Crippen molar-refractivity contribution in [1.82, 2.24) is 15.6 Å². The Balaban J connectivity index is 1.54. The van der Waals surface area contributed by atoms with E-state index in [2.05, 4.69) is 15.6 Å². The van der Waals surface area contributed by atoms with Gasteiger partial charge >= 0.3 is 6.09 Å². The zero-order chi connectivity index (χ0) is 20.6. The summed E-state index contributed by atoms with van der Waals surface area (Å²) in [6, 6.07) is 14.7. The van der Waals surface area contributed by atoms with Crippen LogP contribution >= 0.6 is 0 Å². The van der Waals surface area contributed by atoms with Gasteiger partial charge in [0.15, 0.2) is 0 Å². The minimum Gasteiger partial charge on any atom is -0.449 e. The molecule has 2 aromatic carbocycles. The molecular weight excluding hydrogens is 372 g/mol. The molecule has 150 valence electrons. The third-order valence-electron chi connectivity index (χ3n) is 4.34. The molecule has 0 radical (unpaired) electrons. The number of carbonyl (C=O) groups excluding carboxylic acids is 3. The van der Waals surface area contributed by atoms with Crippen molar-refractivity contribution in [1.29, 1.82) is 0 Å². The number of hydrogen-bond acceptors (Lipinski definition) is 4. The summed E-state index contributed by atoms with van der Waals surface area (Å²) < 4.78 is 5.23. The quantitative estimate of drug-likeness (QED) is 0.465. The summed E-state index contributed by atoms with van der Waals surface area (Å²) in [7, 11) is 0. The number of carbonyl (C=O) groups is 3. The molecule has 1 aromatic heterocycles. The van der Waals surface area contributed by atoms with Gasteiger partial charge in [0.1, 0.15) is 0 Å². The first-order chi connectivity index (χ1) is 14.0. The van der Waals surface area contributed by atoms with Crippen LogP contribution in [0.2, 0.25) is 0 Å². The van der Waals surface area contributed by atoms with E-state index < -0.39 is 12.0 Å². The van der Waals surface area contributed by atoms with Crippen LogP contribution in [0, 0.1) is 0 Å². The molecule has 1 heterocycles. The average molecular weight is 394 g/mol. The Kier molecular flexibility index (Phi) is 6.47. The van der Waals surface area contributed by atoms with E-state index in [4.69, 9.17) is 10.5 Å². The first-order valence-electron chi connectivity index (χ1n) is 9.14. The molecule has 3 aromatic rings. The van der Waals surface area contributed by atoms with Gasteiger partial charge in [0.2, 0.25) is 5.91 Å². The summed E-state index contributed by atoms with van der Waals surface area (Å²) in [6.07, 6.45) is 1.83. The molecule has 0 unspecified atom stereocenters. The number of rotatable bonds is 8. The maximum absolute atomic E-state index is 12.1. The highest BCUT2D eigenvalue weighted by atomic mass is 16.5. The topological polar surface area (TPSA) is 126 Å². The molecule has 29 heavy (non-hydrogen) atoms. The molecule has 0 aliphatic carbocycles. The highest BCUT2D eigenvalue weighted by Crippen LogP contribution is 2.20. The van der Waals surface area contributed by atoms with E-state index in [-0.39, 0.29) is 19.1 Å². The SMILES string of the molecule is NC(=O)CNC(=O)c1ccc2[nH]cc(CCOC(=O)NCc3ccccc3)c2c1. The number of primary amides is 1. The number of nitrogens with two attached hydrogens (primary N) is 1. The first kappa shape index (κ1) is 19.9. The zero-order valence-electron chi connectivity index (χ0n) is 15.7. The van der Waals surface area contributed by atoms with Crippen molar-refractivity contribution in [3.63, 3.8) is 0 Å². The molecule has 0 atom stereocenters. The van der Waals surface area contributed by atoms with Gasteiger partial charge in [-0.05, 0) is 29.3 Å². The molecule has 3 rings (SSSR count). The molecular formula is C21H22N4O4. The van der Waals surface area contributed by atoms with Gasteiger partial charge in [-0.25, -0.2) is 4.79 Å². The number of aromatic amines is 1. The van der Waals surface area contributed by atoms with E-state index in [1.807, 2.05) is 36.5 Å². The number of hydrogen-bond donors (Lipinski definition) is 4. The van der Waals surface area contributed by atoms with Gasteiger partial charge in [-0.15, -0.1) is 0 Å². The summed E-state index contributed by atoms with van der Waals surface area (Å²) in [6.45, 7) is 0.380. The third-order valence-corrected chi connectivity index (χ3v) is 4.34. The predicted octanol–water partition coefficient (Wildman–Crippen LogP) is 1.85. The Bertz CT molecular complexity index is 1010. The second-order valence-corrected chi connectivity index (χ2v) is 6.45. The average Bonchev–Trinajstić information content (AvgIpc) is 3.13. The minimum atomic E-state index is -0.607. The molecule has 8 heteroatoms. The van der Waals surface area contributed by atoms with E-state index in [0.717, 1.165) is 22.0 Å². The number of amides is 3. The summed E-state index contributed by atoms with van der Waals surface area (Å²) in [5.41, 5.74) is 8.23. The summed E-state index contributed by atoms with van der Waals surface area (Å²) >= 11 is 0. The minimum absolute atomic E-state index is 0.200. The summed E-state index contributed by atoms with van der Waals surface area (Å²) in [4.78, 5) is 37.9. The lowest BCUT2D eigenvalue weighted by molar-refractivity contribution is -0.117. The third kappa shape index (κ3) is 5.58. The Morgan fingerprint density at radius 1 is 1.03 bits per heavy atom. The number of alkyl carbamates (subject to hydrolysis) is 1. The molecule has 0 aliphatic heterocycles. The van der Waals surface area contributed by atoms with Crippen LogP contribution in [0.1, 0.15) is 21.5 Å². The number of fused-ring (bicyclic) bond motifs is 1. The van der Waals surface area contributed by atoms with Crippen molar-refractivity contribution in [2.75, 3.05) is 13.2 Å². The fraction of sp³-hybridized carbons (Fsp3) is 0.190. The fourth-order valence-corrected chi connectivity index (χ4v) is 2.87. The fourth-order valence-electron chi connectivity index (χ4n) is 2.87. The van der Waals surface area contributed by atoms with E-state index in [0.29, 0.717) is 18.5 Å². The van der Waals surface area contributed by atoms with Crippen LogP contribution in [-0.2, 0) is 22.5 Å². The normalized spacial score (nSPS) is 10.5. The van der Waals surface area contributed by atoms with Gasteiger partial charge in [0.05, 0.1) is 13.2 Å². The molecule has 0 spiro atoms. The van der Waals surface area contributed by atoms with Crippen LogP contribution in [0.25, 0.3) is 10.9 Å². The van der Waals surface area contributed by atoms with Crippen molar-refractivity contribution in [3.05, 3.63) is 71.4 Å². The van der Waals surface area contributed by atoms with E-state index in [9.17, 15) is 14.4 Å². The van der Waals surface area contributed by atoms with Crippen LogP contribution in [0.4, 0.5) is 4.79 Å². The van der Waals surface area contributed by atoms with Crippen molar-refractivity contribution < 1.29 is 19.1 Å². The second-order valence-electron chi connectivity index (χ2n) is 6.45. The molecule has 0 bridgehead atoms. The predicted molar refractivity (Wildman–Crippen MR) is 108 cm³/mol. The lowest BCUT2D eigenvalue weighted by Crippen LogP contribution is -2.33.